The number of aliphatic imine (C=N–C) groups is 2. The van der Waals surface area contributed by atoms with Crippen LogP contribution in [0.1, 0.15) is 16.7 Å². The fourth-order valence-electron chi connectivity index (χ4n) is 8.03. The summed E-state index contributed by atoms with van der Waals surface area (Å²) in [5.74, 6) is 0.832. The molecule has 5 nitrogen and oxygen atoms in total. The van der Waals surface area contributed by atoms with Gasteiger partial charge in [-0.15, -0.1) is 21.9 Å². The number of aromatic nitrogens is 1. The molecule has 2 aromatic heterocycles. The van der Waals surface area contributed by atoms with Gasteiger partial charge >= 0.3 is 0 Å². The van der Waals surface area contributed by atoms with Crippen LogP contribution >= 0.6 is 0 Å². The summed E-state index contributed by atoms with van der Waals surface area (Å²) in [6.07, 6.45) is 0. The van der Waals surface area contributed by atoms with E-state index in [1.807, 2.05) is 97.1 Å². The second-order valence-corrected chi connectivity index (χ2v) is 14.6. The second kappa shape index (κ2) is 15.2. The number of hydrogen-bond acceptors (Lipinski definition) is 2. The largest absolute Gasteiger partial charge is 0.456 e. The van der Waals surface area contributed by atoms with Gasteiger partial charge in [0.2, 0.25) is 0 Å². The Morgan fingerprint density at radius 3 is 1.75 bits per heavy atom. The molecule has 2 heterocycles. The van der Waals surface area contributed by atoms with Crippen LogP contribution in [0.25, 0.3) is 60.6 Å². The lowest BCUT2D eigenvalue weighted by Gasteiger charge is -2.22. The molecule has 0 saturated heterocycles. The third-order valence-corrected chi connectivity index (χ3v) is 11.0. The number of hydrogen-bond donors (Lipinski definition) is 1. The van der Waals surface area contributed by atoms with Gasteiger partial charge in [-0.2, -0.15) is 0 Å². The highest BCUT2D eigenvalue weighted by Gasteiger charge is 2.25. The molecule has 20 radical (unpaired) electrons. The van der Waals surface area contributed by atoms with Gasteiger partial charge in [0.25, 0.3) is 0 Å². The molecule has 0 atom stereocenters. The van der Waals surface area contributed by atoms with E-state index in [1.54, 1.807) is 16.7 Å². The van der Waals surface area contributed by atoms with Crippen LogP contribution in [-0.4, -0.2) is 94.7 Å². The van der Waals surface area contributed by atoms with Crippen molar-refractivity contribution in [1.29, 1.82) is 0 Å². The maximum absolute atomic E-state index is 6.91. The van der Waals surface area contributed by atoms with Gasteiger partial charge in [-0.05, 0) is 51.7 Å². The van der Waals surface area contributed by atoms with Gasteiger partial charge < -0.3 is 14.7 Å². The first-order valence-corrected chi connectivity index (χ1v) is 18.8. The van der Waals surface area contributed by atoms with Gasteiger partial charge in [0.15, 0.2) is 5.84 Å². The Balaban J connectivity index is 1.27. The maximum atomic E-state index is 6.91. The maximum Gasteiger partial charge on any atom is 0.157 e. The standard InChI is InChI=1S/C45H22B10N4O/c46-24-17-26(47)31(27(18-24)59-42-32(34(48)36(50)38(52)40(42)54)33-35(49)37(51)39(53)41(55)43(33)59)22-14-15-28-25(16-22)30-23(12-7-13-29(30)60-28)19-57-45(21-10-5-2-6-11-21)58-44(56)20-8-3-1-4-9-20/h1-18H,19H2,(H2,56,57,58). The molecule has 0 unspecified atom stereocenters. The van der Waals surface area contributed by atoms with Gasteiger partial charge in [-0.3, -0.25) is 4.99 Å². The first-order valence-electron chi connectivity index (χ1n) is 18.8. The van der Waals surface area contributed by atoms with Gasteiger partial charge in [0, 0.05) is 32.9 Å². The van der Waals surface area contributed by atoms with Crippen molar-refractivity contribution in [2.45, 2.75) is 6.54 Å². The highest BCUT2D eigenvalue weighted by molar-refractivity contribution is 6.71. The van der Waals surface area contributed by atoms with Crippen molar-refractivity contribution in [2.75, 3.05) is 0 Å². The number of rotatable bonds is 6. The normalized spacial score (nSPS) is 12.3. The van der Waals surface area contributed by atoms with E-state index in [4.69, 9.17) is 98.6 Å². The first-order chi connectivity index (χ1) is 28.8. The van der Waals surface area contributed by atoms with Crippen molar-refractivity contribution in [3.05, 3.63) is 126 Å². The summed E-state index contributed by atoms with van der Waals surface area (Å²) in [6, 6.07) is 34.3. The Kier molecular flexibility index (Phi) is 9.97. The molecule has 0 fully saturated rings. The molecule has 0 saturated carbocycles. The molecule has 9 aromatic rings. The van der Waals surface area contributed by atoms with Crippen LogP contribution in [-0.2, 0) is 6.54 Å². The molecule has 15 heteroatoms. The highest BCUT2D eigenvalue weighted by atomic mass is 16.3. The monoisotopic (exact) mass is 744 g/mol. The lowest BCUT2D eigenvalue weighted by atomic mass is 9.63. The Hall–Kier alpha value is -6.07. The molecule has 0 aliphatic carbocycles. The highest BCUT2D eigenvalue weighted by Crippen LogP contribution is 2.37. The zero-order valence-electron chi connectivity index (χ0n) is 32.2. The first kappa shape index (κ1) is 39.4. The van der Waals surface area contributed by atoms with E-state index in [2.05, 4.69) is 0 Å². The van der Waals surface area contributed by atoms with Crippen LogP contribution in [0.2, 0.25) is 0 Å². The third kappa shape index (κ3) is 6.33. The summed E-state index contributed by atoms with van der Waals surface area (Å²) in [4.78, 5) is 9.81. The van der Waals surface area contributed by atoms with Crippen LogP contribution in [0.4, 0.5) is 0 Å². The van der Waals surface area contributed by atoms with Crippen LogP contribution in [0, 0.1) is 0 Å². The minimum absolute atomic E-state index is 0.0749. The van der Waals surface area contributed by atoms with Gasteiger partial charge in [-0.25, -0.2) is 4.99 Å². The SMILES string of the molecule is [B]c1cc([B])c(-c2ccc3oc4cccc(CN=C(N=C(N)c5ccccc5)c5ccccc5)c4c3c2)c(-n2c3c([B])c([B])c([B])c([B])c3c3c([B])c([B])c([B])c([B])c32)c1. The second-order valence-electron chi connectivity index (χ2n) is 14.6. The van der Waals surface area contributed by atoms with E-state index in [1.165, 1.54) is 0 Å². The Labute approximate surface area is 360 Å². The van der Waals surface area contributed by atoms with Crippen molar-refractivity contribution in [3.8, 4) is 16.8 Å². The third-order valence-electron chi connectivity index (χ3n) is 11.0. The molecule has 7 aromatic carbocycles. The van der Waals surface area contributed by atoms with E-state index in [9.17, 15) is 0 Å². The average molecular weight is 743 g/mol. The molecule has 0 aliphatic rings. The number of nitrogens with two attached hydrogens (primary N) is 1. The lowest BCUT2D eigenvalue weighted by molar-refractivity contribution is 0.668. The zero-order chi connectivity index (χ0) is 42.1. The number of amidine groups is 2. The fourth-order valence-corrected chi connectivity index (χ4v) is 8.03. The Bertz CT molecular complexity index is 3230. The van der Waals surface area contributed by atoms with Crippen LogP contribution in [0.15, 0.2) is 124 Å². The predicted octanol–water partition coefficient (Wildman–Crippen LogP) is -1.36. The summed E-state index contributed by atoms with van der Waals surface area (Å²) in [5.41, 5.74) is 14.4. The van der Waals surface area contributed by atoms with E-state index in [0.29, 0.717) is 72.4 Å². The number of benzene rings is 7. The van der Waals surface area contributed by atoms with Crippen molar-refractivity contribution in [2.24, 2.45) is 15.7 Å². The Morgan fingerprint density at radius 2 is 1.13 bits per heavy atom. The number of nitrogens with zero attached hydrogens (tertiary/aromatic N) is 3. The molecule has 2 N–H and O–H groups in total. The number of fused-ring (bicyclic) bond motifs is 6. The van der Waals surface area contributed by atoms with Crippen molar-refractivity contribution < 1.29 is 4.42 Å². The average Bonchev–Trinajstić information content (AvgIpc) is 3.82. The summed E-state index contributed by atoms with van der Waals surface area (Å²) in [5, 5.41) is 2.46. The minimum Gasteiger partial charge on any atom is -0.456 e. The summed E-state index contributed by atoms with van der Waals surface area (Å²) < 4.78 is 8.17. The van der Waals surface area contributed by atoms with Crippen LogP contribution < -0.4 is 60.4 Å². The van der Waals surface area contributed by atoms with Crippen molar-refractivity contribution in [3.63, 3.8) is 0 Å². The van der Waals surface area contributed by atoms with Crippen molar-refractivity contribution in [1.82, 2.24) is 4.57 Å². The van der Waals surface area contributed by atoms with E-state index in [-0.39, 0.29) is 50.2 Å². The van der Waals surface area contributed by atoms with Crippen molar-refractivity contribution >= 4 is 189 Å². The number of furan rings is 1. The van der Waals surface area contributed by atoms with Gasteiger partial charge in [0.1, 0.15) is 95.5 Å². The molecular formula is C45H22B10N4O. The smallest absolute Gasteiger partial charge is 0.157 e. The van der Waals surface area contributed by atoms with Crippen LogP contribution in [0.5, 0.6) is 0 Å². The summed E-state index contributed by atoms with van der Waals surface area (Å²) in [6.45, 7) is 0.263. The minimum atomic E-state index is 0.0749. The molecular weight excluding hydrogens is 721 g/mol. The topological polar surface area (TPSA) is 68.8 Å². The summed E-state index contributed by atoms with van der Waals surface area (Å²) in [7, 11) is 66.1. The van der Waals surface area contributed by atoms with Gasteiger partial charge in [-0.1, -0.05) is 118 Å². The fraction of sp³-hybridized carbons (Fsp3) is 0.0222. The van der Waals surface area contributed by atoms with E-state index >= 15 is 0 Å². The predicted molar refractivity (Wildman–Crippen MR) is 261 cm³/mol. The quantitative estimate of drug-likeness (QED) is 0.130. The molecule has 0 bridgehead atoms. The van der Waals surface area contributed by atoms with Crippen LogP contribution in [0.3, 0.4) is 0 Å². The molecule has 0 amide bonds. The van der Waals surface area contributed by atoms with E-state index in [0.717, 1.165) is 27.5 Å². The summed E-state index contributed by atoms with van der Waals surface area (Å²) >= 11 is 0. The molecule has 0 aliphatic heterocycles. The molecule has 258 valence electrons. The lowest BCUT2D eigenvalue weighted by Crippen LogP contribution is -2.49. The van der Waals surface area contributed by atoms with Gasteiger partial charge in [0.05, 0.1) is 12.2 Å². The van der Waals surface area contributed by atoms with E-state index < -0.39 is 0 Å². The Morgan fingerprint density at radius 1 is 0.550 bits per heavy atom. The zero-order valence-corrected chi connectivity index (χ0v) is 32.2. The molecule has 60 heavy (non-hydrogen) atoms. The molecule has 0 spiro atoms. The molecule has 9 rings (SSSR count).